The van der Waals surface area contributed by atoms with E-state index in [2.05, 4.69) is 10.2 Å². The number of hydrogen-bond acceptors (Lipinski definition) is 5. The molecule has 0 aromatic heterocycles. The number of rotatable bonds is 1. The molecule has 7 nitrogen and oxygen atoms in total. The number of carboxylic acid groups (broad SMARTS) is 2. The van der Waals surface area contributed by atoms with Gasteiger partial charge in [0, 0.05) is 19.1 Å². The average molecular weight is 384 g/mol. The second-order valence-electron chi connectivity index (χ2n) is 5.19. The van der Waals surface area contributed by atoms with Gasteiger partial charge in [-0.05, 0) is 25.9 Å². The lowest BCUT2D eigenvalue weighted by Gasteiger charge is -2.43. The highest BCUT2D eigenvalue weighted by atomic mass is 19.4. The summed E-state index contributed by atoms with van der Waals surface area (Å²) in [5, 5.41) is 26.7. The fourth-order valence-electron chi connectivity index (χ4n) is 1.96. The van der Waals surface area contributed by atoms with Gasteiger partial charge in [0.05, 0.1) is 6.10 Å². The van der Waals surface area contributed by atoms with Gasteiger partial charge in [-0.25, -0.2) is 9.59 Å². The van der Waals surface area contributed by atoms with Gasteiger partial charge in [-0.2, -0.15) is 26.3 Å². The number of aliphatic carboxylic acids is 2. The molecular formula is C12H18F6N2O5. The largest absolute Gasteiger partial charge is 0.490 e. The summed E-state index contributed by atoms with van der Waals surface area (Å²) in [6.45, 7) is 4.11. The Morgan fingerprint density at radius 1 is 0.880 bits per heavy atom. The fourth-order valence-corrected chi connectivity index (χ4v) is 1.96. The van der Waals surface area contributed by atoms with E-state index in [0.717, 1.165) is 32.2 Å². The first-order valence-electron chi connectivity index (χ1n) is 6.98. The molecule has 0 unspecified atom stereocenters. The van der Waals surface area contributed by atoms with Gasteiger partial charge >= 0.3 is 24.3 Å². The Morgan fingerprint density at radius 2 is 1.20 bits per heavy atom. The molecule has 25 heavy (non-hydrogen) atoms. The zero-order valence-electron chi connectivity index (χ0n) is 12.8. The highest BCUT2D eigenvalue weighted by molar-refractivity contribution is 5.73. The summed E-state index contributed by atoms with van der Waals surface area (Å²) < 4.78 is 63.5. The number of hydrogen-bond donors (Lipinski definition) is 4. The van der Waals surface area contributed by atoms with Crippen LogP contribution in [0.2, 0.25) is 0 Å². The van der Waals surface area contributed by atoms with Crippen molar-refractivity contribution in [3.63, 3.8) is 0 Å². The van der Waals surface area contributed by atoms with Crippen molar-refractivity contribution >= 4 is 11.9 Å². The van der Waals surface area contributed by atoms with E-state index in [1.54, 1.807) is 0 Å². The number of carboxylic acids is 2. The van der Waals surface area contributed by atoms with E-state index in [4.69, 9.17) is 24.9 Å². The number of nitrogens with zero attached hydrogens (tertiary/aromatic N) is 1. The number of aliphatic hydroxyl groups excluding tert-OH is 1. The minimum atomic E-state index is -5.08. The quantitative estimate of drug-likeness (QED) is 0.492. The predicted octanol–water partition coefficient (Wildman–Crippen LogP) is 0.681. The zero-order valence-corrected chi connectivity index (χ0v) is 12.8. The summed E-state index contributed by atoms with van der Waals surface area (Å²) in [5.41, 5.74) is 0. The molecule has 0 aromatic carbocycles. The fraction of sp³-hybridized carbons (Fsp3) is 0.833. The van der Waals surface area contributed by atoms with Crippen LogP contribution in [0.15, 0.2) is 0 Å². The Labute approximate surface area is 138 Å². The van der Waals surface area contributed by atoms with E-state index in [-0.39, 0.29) is 6.10 Å². The van der Waals surface area contributed by atoms with Gasteiger partial charge in [0.1, 0.15) is 0 Å². The van der Waals surface area contributed by atoms with E-state index in [0.29, 0.717) is 0 Å². The van der Waals surface area contributed by atoms with Crippen LogP contribution in [-0.2, 0) is 9.59 Å². The maximum absolute atomic E-state index is 10.6. The van der Waals surface area contributed by atoms with Crippen LogP contribution in [0.4, 0.5) is 26.3 Å². The molecule has 0 radical (unpaired) electrons. The topological polar surface area (TPSA) is 110 Å². The minimum Gasteiger partial charge on any atom is -0.475 e. The van der Waals surface area contributed by atoms with Crippen molar-refractivity contribution in [1.82, 2.24) is 10.2 Å². The van der Waals surface area contributed by atoms with Crippen LogP contribution in [0.25, 0.3) is 0 Å². The molecule has 2 fully saturated rings. The Hall–Kier alpha value is -1.60. The summed E-state index contributed by atoms with van der Waals surface area (Å²) in [5.74, 6) is -5.51. The third kappa shape index (κ3) is 10.1. The number of alkyl halides is 6. The number of aliphatic hydroxyl groups is 1. The SMILES string of the molecule is O=C(O)C(F)(F)F.O=C(O)C(F)(F)F.OC1CN(C2CCNCC2)C1. The van der Waals surface area contributed by atoms with Crippen molar-refractivity contribution in [1.29, 1.82) is 0 Å². The number of carbonyl (C=O) groups is 2. The van der Waals surface area contributed by atoms with Crippen LogP contribution in [0.3, 0.4) is 0 Å². The smallest absolute Gasteiger partial charge is 0.475 e. The number of β-amino-alcohol motifs (C(OH)–C–C–N with tert-alkyl or cyclic N) is 1. The minimum absolute atomic E-state index is 0.0371. The van der Waals surface area contributed by atoms with Gasteiger partial charge in [-0.15, -0.1) is 0 Å². The Kier molecular flexibility index (Phi) is 9.15. The van der Waals surface area contributed by atoms with Crippen LogP contribution in [0.5, 0.6) is 0 Å². The predicted molar refractivity (Wildman–Crippen MR) is 70.9 cm³/mol. The molecule has 0 aliphatic carbocycles. The summed E-state index contributed by atoms with van der Waals surface area (Å²) in [7, 11) is 0. The maximum Gasteiger partial charge on any atom is 0.490 e. The molecule has 0 bridgehead atoms. The van der Waals surface area contributed by atoms with Crippen molar-refractivity contribution in [2.24, 2.45) is 0 Å². The number of nitrogens with one attached hydrogen (secondary N) is 1. The monoisotopic (exact) mass is 384 g/mol. The summed E-state index contributed by atoms with van der Waals surface area (Å²) in [6, 6.07) is 0.750. The van der Waals surface area contributed by atoms with E-state index in [1.165, 1.54) is 12.8 Å². The Balaban J connectivity index is 0.000000366. The van der Waals surface area contributed by atoms with Crippen molar-refractivity contribution in [3.8, 4) is 0 Å². The molecule has 0 amide bonds. The molecule has 13 heteroatoms. The van der Waals surface area contributed by atoms with Crippen LogP contribution in [-0.4, -0.2) is 82.8 Å². The van der Waals surface area contributed by atoms with E-state index < -0.39 is 24.3 Å². The molecular weight excluding hydrogens is 366 g/mol. The van der Waals surface area contributed by atoms with Gasteiger partial charge in [0.15, 0.2) is 0 Å². The third-order valence-electron chi connectivity index (χ3n) is 3.20. The highest BCUT2D eigenvalue weighted by Gasteiger charge is 2.38. The third-order valence-corrected chi connectivity index (χ3v) is 3.20. The van der Waals surface area contributed by atoms with Gasteiger partial charge in [0.25, 0.3) is 0 Å². The van der Waals surface area contributed by atoms with E-state index in [9.17, 15) is 26.3 Å². The zero-order chi connectivity index (χ0) is 19.8. The molecule has 0 spiro atoms. The number of likely N-dealkylation sites (tertiary alicyclic amines) is 1. The molecule has 148 valence electrons. The van der Waals surface area contributed by atoms with Gasteiger partial charge in [-0.3, -0.25) is 4.90 Å². The van der Waals surface area contributed by atoms with Crippen LogP contribution < -0.4 is 5.32 Å². The maximum atomic E-state index is 10.6. The molecule has 2 rings (SSSR count). The normalized spacial score (nSPS) is 19.6. The van der Waals surface area contributed by atoms with Crippen molar-refractivity contribution in [2.75, 3.05) is 26.2 Å². The summed E-state index contributed by atoms with van der Waals surface area (Å²) in [6.07, 6.45) is -7.69. The van der Waals surface area contributed by atoms with Crippen LogP contribution >= 0.6 is 0 Å². The van der Waals surface area contributed by atoms with E-state index in [1.807, 2.05) is 0 Å². The first kappa shape index (κ1) is 23.4. The first-order valence-corrected chi connectivity index (χ1v) is 6.98. The second kappa shape index (κ2) is 9.77. The molecule has 0 aromatic rings. The molecule has 4 N–H and O–H groups in total. The van der Waals surface area contributed by atoms with Crippen LogP contribution in [0, 0.1) is 0 Å². The lowest BCUT2D eigenvalue weighted by atomic mass is 10.00. The van der Waals surface area contributed by atoms with Gasteiger partial charge in [0.2, 0.25) is 0 Å². The van der Waals surface area contributed by atoms with Crippen molar-refractivity contribution in [2.45, 2.75) is 37.3 Å². The lowest BCUT2D eigenvalue weighted by Crippen LogP contribution is -2.57. The molecule has 0 atom stereocenters. The van der Waals surface area contributed by atoms with Crippen molar-refractivity contribution < 1.29 is 51.3 Å². The number of halogens is 6. The molecule has 2 heterocycles. The van der Waals surface area contributed by atoms with Gasteiger partial charge in [-0.1, -0.05) is 0 Å². The van der Waals surface area contributed by atoms with Crippen molar-refractivity contribution in [3.05, 3.63) is 0 Å². The summed E-state index contributed by atoms with van der Waals surface area (Å²) >= 11 is 0. The average Bonchev–Trinajstić information content (AvgIpc) is 2.44. The Bertz CT molecular complexity index is 407. The first-order chi connectivity index (χ1) is 11.2. The standard InChI is InChI=1S/C8H16N2O.2C2HF3O2/c11-8-5-10(6-8)7-1-3-9-4-2-7;2*3-2(4,5)1(6)7/h7-9,11H,1-6H2;2*(H,6,7). The molecule has 0 saturated carbocycles. The summed E-state index contributed by atoms with van der Waals surface area (Å²) in [4.78, 5) is 20.2. The van der Waals surface area contributed by atoms with Gasteiger partial charge < -0.3 is 20.6 Å². The molecule has 2 aliphatic heterocycles. The Morgan fingerprint density at radius 3 is 1.44 bits per heavy atom. The van der Waals surface area contributed by atoms with Crippen LogP contribution in [0.1, 0.15) is 12.8 Å². The molecule has 2 aliphatic rings. The molecule has 2 saturated heterocycles. The second-order valence-corrected chi connectivity index (χ2v) is 5.19. The highest BCUT2D eigenvalue weighted by Crippen LogP contribution is 2.18. The van der Waals surface area contributed by atoms with E-state index >= 15 is 0 Å². The lowest BCUT2D eigenvalue weighted by molar-refractivity contribution is -0.193. The number of piperidine rings is 1.